The summed E-state index contributed by atoms with van der Waals surface area (Å²) in [7, 11) is 2.09. The first kappa shape index (κ1) is 5.22. The van der Waals surface area contributed by atoms with Gasteiger partial charge >= 0.3 is 0 Å². The summed E-state index contributed by atoms with van der Waals surface area (Å²) in [6.45, 7) is -15.5. The first-order valence-corrected chi connectivity index (χ1v) is 6.67. The van der Waals surface area contributed by atoms with E-state index >= 15 is 0 Å². The SMILES string of the molecule is [2H]c1c(OC)c(OC)c([2H])c2c1C1([2H])CC(=O)C(C([2H])([2H])C([2H])(C([2H])([2H])[2H])C([2H])([2H])[2H])C([2H])([2H])N1C([2H])([2H])C2([2H])[2H]. The number of piperidine rings is 1. The first-order valence-electron chi connectivity index (χ1n) is 15.7. The number of fused-ring (bicyclic) bond motifs is 3. The van der Waals surface area contributed by atoms with E-state index in [9.17, 15) is 6.17 Å². The lowest BCUT2D eigenvalue weighted by molar-refractivity contribution is -0.129. The molecule has 3 rings (SSSR count). The molecule has 2 heterocycles. The van der Waals surface area contributed by atoms with E-state index in [1.165, 1.54) is 0 Å². The van der Waals surface area contributed by atoms with Crippen molar-refractivity contribution in [1.29, 1.82) is 0 Å². The van der Waals surface area contributed by atoms with E-state index in [1.807, 2.05) is 0 Å². The molecule has 2 unspecified atom stereocenters. The van der Waals surface area contributed by atoms with Crippen LogP contribution in [0.3, 0.4) is 0 Å². The predicted molar refractivity (Wildman–Crippen MR) is 90.1 cm³/mol. The zero-order valence-corrected chi connectivity index (χ0v) is 12.5. The molecule has 2 aliphatic rings. The maximum atomic E-state index is 13.6. The van der Waals surface area contributed by atoms with Gasteiger partial charge in [0.2, 0.25) is 0 Å². The van der Waals surface area contributed by atoms with Gasteiger partial charge in [0, 0.05) is 51.9 Å². The minimum Gasteiger partial charge on any atom is -0.493 e. The summed E-state index contributed by atoms with van der Waals surface area (Å²) in [5.41, 5.74) is -1.79. The molecule has 4 heteroatoms. The minimum absolute atomic E-state index is 0.178. The Kier molecular flexibility index (Phi) is 1.48. The fourth-order valence-corrected chi connectivity index (χ4v) is 2.36. The Labute approximate surface area is 164 Å². The van der Waals surface area contributed by atoms with E-state index < -0.39 is 104 Å². The minimum atomic E-state index is -4.15. The van der Waals surface area contributed by atoms with Gasteiger partial charge in [0.15, 0.2) is 11.5 Å². The average Bonchev–Trinajstić information content (AvgIpc) is 2.74. The van der Waals surface area contributed by atoms with Crippen LogP contribution in [0.2, 0.25) is 0 Å². The molecule has 1 aromatic carbocycles. The normalized spacial score (nSPS) is 47.7. The van der Waals surface area contributed by atoms with Gasteiger partial charge in [0.1, 0.15) is 5.78 Å². The van der Waals surface area contributed by atoms with E-state index in [0.717, 1.165) is 14.2 Å². The summed E-state index contributed by atoms with van der Waals surface area (Å²) in [6, 6.07) is -4.79. The first-order chi connectivity index (χ1) is 18.1. The van der Waals surface area contributed by atoms with Gasteiger partial charge in [-0.3, -0.25) is 9.69 Å². The Morgan fingerprint density at radius 1 is 1.52 bits per heavy atom. The monoisotopic (exact) mass is 335 g/mol. The van der Waals surface area contributed by atoms with Crippen LogP contribution in [-0.4, -0.2) is 37.9 Å². The Hall–Kier alpha value is -1.55. The number of hydrogen-bond acceptors (Lipinski definition) is 4. The number of nitrogens with zero attached hydrogens (tertiary/aromatic N) is 1. The van der Waals surface area contributed by atoms with Gasteiger partial charge in [-0.2, -0.15) is 0 Å². The number of ether oxygens (including phenoxy) is 2. The summed E-state index contributed by atoms with van der Waals surface area (Å²) < 4.78 is 160. The molecule has 1 aromatic rings. The van der Waals surface area contributed by atoms with Crippen LogP contribution in [0, 0.1) is 11.8 Å². The number of ketones is 1. The van der Waals surface area contributed by atoms with Crippen molar-refractivity contribution in [3.63, 3.8) is 0 Å². The van der Waals surface area contributed by atoms with Crippen LogP contribution in [0.15, 0.2) is 12.1 Å². The zero-order chi connectivity index (χ0) is 32.3. The third-order valence-electron chi connectivity index (χ3n) is 3.40. The van der Waals surface area contributed by atoms with Crippen LogP contribution >= 0.6 is 0 Å². The van der Waals surface area contributed by atoms with Gasteiger partial charge < -0.3 is 9.47 Å². The molecule has 0 bridgehead atoms. The third kappa shape index (κ3) is 3.09. The van der Waals surface area contributed by atoms with E-state index in [4.69, 9.17) is 32.8 Å². The van der Waals surface area contributed by atoms with Gasteiger partial charge in [-0.1, -0.05) is 13.7 Å². The Bertz CT molecular complexity index is 1260. The van der Waals surface area contributed by atoms with Crippen molar-refractivity contribution in [3.8, 4) is 11.5 Å². The second-order valence-corrected chi connectivity index (χ2v) is 4.81. The van der Waals surface area contributed by atoms with Crippen LogP contribution in [0.1, 0.15) is 68.3 Å². The molecule has 0 aliphatic carbocycles. The second kappa shape index (κ2) is 6.52. The molecular formula is C19H27NO3. The molecule has 1 saturated heterocycles. The lowest BCUT2D eigenvalue weighted by Gasteiger charge is -2.43. The molecule has 0 amide bonds. The predicted octanol–water partition coefficient (Wildman–Crippen LogP) is 3.24. The zero-order valence-electron chi connectivity index (χ0n) is 30.5. The van der Waals surface area contributed by atoms with E-state index in [-0.39, 0.29) is 4.90 Å². The molecule has 2 atom stereocenters. The van der Waals surface area contributed by atoms with E-state index in [0.29, 0.717) is 0 Å². The highest BCUT2D eigenvalue weighted by molar-refractivity contribution is 5.83. The molecule has 23 heavy (non-hydrogen) atoms. The van der Waals surface area contributed by atoms with Crippen molar-refractivity contribution in [3.05, 3.63) is 23.2 Å². The number of hydrogen-bond donors (Lipinski definition) is 0. The molecule has 0 spiro atoms. The fourth-order valence-electron chi connectivity index (χ4n) is 2.36. The number of methoxy groups -OCH3 is 2. The fraction of sp³-hybridized carbons (Fsp3) is 0.632. The molecule has 0 saturated carbocycles. The van der Waals surface area contributed by atoms with Gasteiger partial charge in [0.05, 0.1) is 18.3 Å². The Balaban J connectivity index is 2.49. The maximum absolute atomic E-state index is 13.6. The number of carbonyl (C=O) groups excluding carboxylic acids is 1. The van der Waals surface area contributed by atoms with Crippen LogP contribution in [0.25, 0.3) is 0 Å². The van der Waals surface area contributed by atoms with Crippen molar-refractivity contribution < 1.29 is 38.9 Å². The van der Waals surface area contributed by atoms with Gasteiger partial charge in [0.25, 0.3) is 0 Å². The highest BCUT2D eigenvalue weighted by Crippen LogP contribution is 2.42. The van der Waals surface area contributed by atoms with Crippen molar-refractivity contribution in [2.75, 3.05) is 27.2 Å². The molecule has 126 valence electrons. The maximum Gasteiger partial charge on any atom is 0.161 e. The Morgan fingerprint density at radius 3 is 2.96 bits per heavy atom. The number of benzene rings is 1. The number of rotatable bonds is 4. The molecule has 0 N–H and O–H groups in total. The quantitative estimate of drug-likeness (QED) is 0.847. The molecule has 1 fully saturated rings. The van der Waals surface area contributed by atoms with Gasteiger partial charge in [-0.15, -0.1) is 0 Å². The standard InChI is InChI=1S/C19H27NO3/c1-12(2)7-14-11-20-6-5-13-8-18(22-3)19(23-4)9-15(13)16(20)10-17(14)21/h8-9,12,14,16H,5-7,10-11H2,1-4H3/i1D3,2D3,5D2,6D2,7D2,8D,9D,11D2,12D,16D. The third-order valence-corrected chi connectivity index (χ3v) is 3.40. The highest BCUT2D eigenvalue weighted by Gasteiger charge is 2.38. The second-order valence-electron chi connectivity index (χ2n) is 4.81. The van der Waals surface area contributed by atoms with Crippen LogP contribution < -0.4 is 9.47 Å². The van der Waals surface area contributed by atoms with Gasteiger partial charge in [-0.05, 0) is 41.9 Å². The van der Waals surface area contributed by atoms with Crippen molar-refractivity contribution in [1.82, 2.24) is 4.90 Å². The van der Waals surface area contributed by atoms with Crippen LogP contribution in [-0.2, 0) is 11.2 Å². The number of carbonyl (C=O) groups is 1. The lowest BCUT2D eigenvalue weighted by atomic mass is 9.80. The molecular weight excluding hydrogens is 290 g/mol. The summed E-state index contributed by atoms with van der Waals surface area (Å²) >= 11 is 0. The van der Waals surface area contributed by atoms with E-state index in [1.54, 1.807) is 0 Å². The summed E-state index contributed by atoms with van der Waals surface area (Å²) in [6.07, 6.45) is -8.95. The van der Waals surface area contributed by atoms with Crippen LogP contribution in [0.4, 0.5) is 0 Å². The summed E-state index contributed by atoms with van der Waals surface area (Å²) in [5.74, 6) is -9.85. The van der Waals surface area contributed by atoms with Crippen molar-refractivity contribution in [2.24, 2.45) is 11.8 Å². The largest absolute Gasteiger partial charge is 0.493 e. The molecule has 4 nitrogen and oxygen atoms in total. The number of Topliss-reactive ketones (excluding diaryl/α,β-unsaturated/α-hetero) is 1. The molecule has 0 radical (unpaired) electrons. The smallest absolute Gasteiger partial charge is 0.161 e. The van der Waals surface area contributed by atoms with Crippen molar-refractivity contribution >= 4 is 5.78 Å². The average molecular weight is 336 g/mol. The lowest BCUT2D eigenvalue weighted by Crippen LogP contribution is -2.46. The highest BCUT2D eigenvalue weighted by atomic mass is 16.5. The van der Waals surface area contributed by atoms with E-state index in [2.05, 4.69) is 0 Å². The molecule has 2 aliphatic heterocycles. The topological polar surface area (TPSA) is 38.8 Å². The van der Waals surface area contributed by atoms with Crippen LogP contribution in [0.5, 0.6) is 11.5 Å². The van der Waals surface area contributed by atoms with Gasteiger partial charge in [-0.25, -0.2) is 0 Å². The summed E-state index contributed by atoms with van der Waals surface area (Å²) in [5, 5.41) is 0. The Morgan fingerprint density at radius 2 is 2.26 bits per heavy atom. The van der Waals surface area contributed by atoms with Crippen molar-refractivity contribution in [2.45, 2.75) is 38.9 Å². The molecule has 0 aromatic heterocycles. The summed E-state index contributed by atoms with van der Waals surface area (Å²) in [4.78, 5) is 13.4.